The largest absolute Gasteiger partial charge is 0.361 e. The van der Waals surface area contributed by atoms with Crippen molar-refractivity contribution in [1.82, 2.24) is 20.2 Å². The minimum Gasteiger partial charge on any atom is -0.361 e. The van der Waals surface area contributed by atoms with E-state index in [-0.39, 0.29) is 0 Å². The van der Waals surface area contributed by atoms with E-state index in [2.05, 4.69) is 62.4 Å². The van der Waals surface area contributed by atoms with Gasteiger partial charge < -0.3 is 15.5 Å². The zero-order chi connectivity index (χ0) is 18.4. The summed E-state index contributed by atoms with van der Waals surface area (Å²) in [5.41, 5.74) is 3.50. The monoisotopic (exact) mass is 370 g/mol. The summed E-state index contributed by atoms with van der Waals surface area (Å²) in [6, 6.07) is 8.21. The molecule has 0 spiro atoms. The molecule has 6 nitrogen and oxygen atoms in total. The maximum absolute atomic E-state index is 5.41. The van der Waals surface area contributed by atoms with Gasteiger partial charge in [0.2, 0.25) is 5.95 Å². The van der Waals surface area contributed by atoms with Gasteiger partial charge in [-0.15, -0.1) is 0 Å². The van der Waals surface area contributed by atoms with E-state index in [0.29, 0.717) is 5.11 Å². The van der Waals surface area contributed by atoms with Crippen LogP contribution in [0.1, 0.15) is 11.1 Å². The highest BCUT2D eigenvalue weighted by Gasteiger charge is 2.18. The first-order valence-electron chi connectivity index (χ1n) is 8.97. The molecule has 2 N–H and O–H groups in total. The van der Waals surface area contributed by atoms with Crippen molar-refractivity contribution in [2.75, 3.05) is 49.5 Å². The molecule has 0 amide bonds. The maximum atomic E-state index is 5.41. The zero-order valence-corrected chi connectivity index (χ0v) is 16.2. The average Bonchev–Trinajstić information content (AvgIpc) is 2.62. The number of thiocarbonyl (C=S) groups is 1. The van der Waals surface area contributed by atoms with Crippen LogP contribution < -0.4 is 15.5 Å². The van der Waals surface area contributed by atoms with Gasteiger partial charge in [-0.25, -0.2) is 9.97 Å². The summed E-state index contributed by atoms with van der Waals surface area (Å²) in [6.45, 7) is 9.92. The molecule has 1 aromatic heterocycles. The minimum atomic E-state index is 0.673. The Morgan fingerprint density at radius 2 is 1.69 bits per heavy atom. The van der Waals surface area contributed by atoms with Gasteiger partial charge in [-0.3, -0.25) is 4.90 Å². The Labute approximate surface area is 160 Å². The van der Waals surface area contributed by atoms with Crippen molar-refractivity contribution in [2.45, 2.75) is 13.8 Å². The number of piperazine rings is 1. The van der Waals surface area contributed by atoms with Crippen LogP contribution in [0.2, 0.25) is 0 Å². The SMILES string of the molecule is Cc1cc(C)cc(NC(=S)NCCN2CCN(c3ncccn3)CC2)c1. The Bertz CT molecular complexity index is 708. The molecule has 2 heterocycles. The molecule has 1 aliphatic rings. The van der Waals surface area contributed by atoms with E-state index in [1.54, 1.807) is 12.4 Å². The first-order valence-corrected chi connectivity index (χ1v) is 9.38. The number of aryl methyl sites for hydroxylation is 2. The Balaban J connectivity index is 1.37. The second-order valence-electron chi connectivity index (χ2n) is 6.63. The molecule has 1 aliphatic heterocycles. The van der Waals surface area contributed by atoms with E-state index in [9.17, 15) is 0 Å². The normalized spacial score (nSPS) is 14.9. The van der Waals surface area contributed by atoms with Gasteiger partial charge in [0.15, 0.2) is 5.11 Å². The molecule has 2 aromatic rings. The summed E-state index contributed by atoms with van der Waals surface area (Å²) in [4.78, 5) is 13.3. The summed E-state index contributed by atoms with van der Waals surface area (Å²) in [5, 5.41) is 7.24. The molecule has 26 heavy (non-hydrogen) atoms. The first kappa shape index (κ1) is 18.5. The van der Waals surface area contributed by atoms with Gasteiger partial charge >= 0.3 is 0 Å². The number of nitrogens with zero attached hydrogens (tertiary/aromatic N) is 4. The number of anilines is 2. The van der Waals surface area contributed by atoms with Crippen LogP contribution in [-0.2, 0) is 0 Å². The number of benzene rings is 1. The van der Waals surface area contributed by atoms with Crippen LogP contribution in [0, 0.1) is 13.8 Å². The molecule has 0 bridgehead atoms. The number of rotatable bonds is 5. The lowest BCUT2D eigenvalue weighted by atomic mass is 10.1. The van der Waals surface area contributed by atoms with Crippen molar-refractivity contribution in [2.24, 2.45) is 0 Å². The molecule has 0 aliphatic carbocycles. The summed E-state index contributed by atoms with van der Waals surface area (Å²) in [6.07, 6.45) is 3.59. The molecule has 0 unspecified atom stereocenters. The van der Waals surface area contributed by atoms with Crippen molar-refractivity contribution < 1.29 is 0 Å². The lowest BCUT2D eigenvalue weighted by Gasteiger charge is -2.34. The van der Waals surface area contributed by atoms with E-state index < -0.39 is 0 Å². The summed E-state index contributed by atoms with van der Waals surface area (Å²) >= 11 is 5.41. The van der Waals surface area contributed by atoms with Crippen molar-refractivity contribution >= 4 is 29.0 Å². The van der Waals surface area contributed by atoms with Crippen LogP contribution in [0.25, 0.3) is 0 Å². The quantitative estimate of drug-likeness (QED) is 0.783. The van der Waals surface area contributed by atoms with Gasteiger partial charge in [0.05, 0.1) is 0 Å². The predicted molar refractivity (Wildman–Crippen MR) is 111 cm³/mol. The van der Waals surface area contributed by atoms with Crippen LogP contribution in [0.4, 0.5) is 11.6 Å². The fraction of sp³-hybridized carbons (Fsp3) is 0.421. The fourth-order valence-electron chi connectivity index (χ4n) is 3.18. The van der Waals surface area contributed by atoms with E-state index in [0.717, 1.165) is 50.9 Å². The molecule has 1 aromatic carbocycles. The van der Waals surface area contributed by atoms with E-state index >= 15 is 0 Å². The molecule has 1 saturated heterocycles. The molecule has 138 valence electrons. The molecule has 1 fully saturated rings. The van der Waals surface area contributed by atoms with Gasteiger partial charge in [0.25, 0.3) is 0 Å². The van der Waals surface area contributed by atoms with Crippen LogP contribution in [-0.4, -0.2) is 59.2 Å². The number of nitrogens with one attached hydrogen (secondary N) is 2. The third kappa shape index (κ3) is 5.37. The standard InChI is InChI=1S/C19H26N6S/c1-15-12-16(2)14-17(13-15)23-19(26)22-6-7-24-8-10-25(11-9-24)18-20-4-3-5-21-18/h3-5,12-14H,6-11H2,1-2H3,(H2,22,23,26). The van der Waals surface area contributed by atoms with Crippen molar-refractivity contribution in [3.8, 4) is 0 Å². The smallest absolute Gasteiger partial charge is 0.225 e. The van der Waals surface area contributed by atoms with E-state index in [1.165, 1.54) is 11.1 Å². The number of hydrogen-bond donors (Lipinski definition) is 2. The topological polar surface area (TPSA) is 56.3 Å². The number of hydrogen-bond acceptors (Lipinski definition) is 5. The summed E-state index contributed by atoms with van der Waals surface area (Å²) < 4.78 is 0. The van der Waals surface area contributed by atoms with Crippen molar-refractivity contribution in [1.29, 1.82) is 0 Å². The van der Waals surface area contributed by atoms with Crippen molar-refractivity contribution in [3.05, 3.63) is 47.8 Å². The van der Waals surface area contributed by atoms with E-state index in [1.807, 2.05) is 6.07 Å². The lowest BCUT2D eigenvalue weighted by Crippen LogP contribution is -2.49. The molecule has 7 heteroatoms. The van der Waals surface area contributed by atoms with Gasteiger partial charge in [-0.05, 0) is 55.4 Å². The fourth-order valence-corrected chi connectivity index (χ4v) is 3.40. The third-order valence-corrected chi connectivity index (χ3v) is 4.65. The van der Waals surface area contributed by atoms with Gasteiger partial charge in [0.1, 0.15) is 0 Å². The van der Waals surface area contributed by atoms with Gasteiger partial charge in [0, 0.05) is 57.3 Å². The summed E-state index contributed by atoms with van der Waals surface area (Å²) in [5.74, 6) is 0.823. The predicted octanol–water partition coefficient (Wildman–Crippen LogP) is 2.20. The molecule has 3 rings (SSSR count). The highest BCUT2D eigenvalue weighted by Crippen LogP contribution is 2.13. The Morgan fingerprint density at radius 1 is 1.04 bits per heavy atom. The third-order valence-electron chi connectivity index (χ3n) is 4.40. The highest BCUT2D eigenvalue weighted by atomic mass is 32.1. The summed E-state index contributed by atoms with van der Waals surface area (Å²) in [7, 11) is 0. The van der Waals surface area contributed by atoms with Gasteiger partial charge in [-0.2, -0.15) is 0 Å². The zero-order valence-electron chi connectivity index (χ0n) is 15.4. The average molecular weight is 371 g/mol. The second-order valence-corrected chi connectivity index (χ2v) is 7.04. The highest BCUT2D eigenvalue weighted by molar-refractivity contribution is 7.80. The van der Waals surface area contributed by atoms with E-state index in [4.69, 9.17) is 12.2 Å². The molecule has 0 radical (unpaired) electrons. The Hall–Kier alpha value is -2.25. The second kappa shape index (κ2) is 8.91. The minimum absolute atomic E-state index is 0.673. The van der Waals surface area contributed by atoms with Crippen LogP contribution >= 0.6 is 12.2 Å². The molecular weight excluding hydrogens is 344 g/mol. The maximum Gasteiger partial charge on any atom is 0.225 e. The van der Waals surface area contributed by atoms with Crippen molar-refractivity contribution in [3.63, 3.8) is 0 Å². The van der Waals surface area contributed by atoms with Crippen LogP contribution in [0.3, 0.4) is 0 Å². The Morgan fingerprint density at radius 3 is 2.35 bits per heavy atom. The molecule has 0 atom stereocenters. The number of aromatic nitrogens is 2. The van der Waals surface area contributed by atoms with Crippen LogP contribution in [0.5, 0.6) is 0 Å². The first-order chi connectivity index (χ1) is 12.6. The molecular formula is C19H26N6S. The Kier molecular flexibility index (Phi) is 6.35. The molecule has 0 saturated carbocycles. The van der Waals surface area contributed by atoms with Gasteiger partial charge in [-0.1, -0.05) is 6.07 Å². The van der Waals surface area contributed by atoms with Crippen LogP contribution in [0.15, 0.2) is 36.7 Å². The lowest BCUT2D eigenvalue weighted by molar-refractivity contribution is 0.260.